The summed E-state index contributed by atoms with van der Waals surface area (Å²) in [5.41, 5.74) is 6.49. The molecule has 1 saturated carbocycles. The van der Waals surface area contributed by atoms with E-state index in [2.05, 4.69) is 49.5 Å². The van der Waals surface area contributed by atoms with E-state index in [1.165, 1.54) is 50.0 Å². The smallest absolute Gasteiger partial charge is 0.229 e. The van der Waals surface area contributed by atoms with E-state index in [0.29, 0.717) is 22.2 Å². The summed E-state index contributed by atoms with van der Waals surface area (Å²) in [5.74, 6) is 1.57. The van der Waals surface area contributed by atoms with Crippen molar-refractivity contribution in [2.75, 3.05) is 62.2 Å². The number of hydrogen-bond donors (Lipinski definition) is 2. The van der Waals surface area contributed by atoms with E-state index in [1.54, 1.807) is 26.6 Å². The number of likely N-dealkylation sites (tertiary alicyclic amines) is 1. The Morgan fingerprint density at radius 3 is 2.38 bits per heavy atom. The van der Waals surface area contributed by atoms with Crippen LogP contribution in [0.15, 0.2) is 30.5 Å². The fraction of sp³-hybridized carbons (Fsp3) is 0.500. The molecule has 42 heavy (non-hydrogen) atoms. The van der Waals surface area contributed by atoms with Crippen LogP contribution in [0.3, 0.4) is 0 Å². The average Bonchev–Trinajstić information content (AvgIpc) is 3.77. The van der Waals surface area contributed by atoms with Crippen LogP contribution in [0.1, 0.15) is 42.4 Å². The molecule has 8 nitrogen and oxygen atoms in total. The summed E-state index contributed by atoms with van der Waals surface area (Å²) in [6.45, 7) is 14.5. The van der Waals surface area contributed by atoms with E-state index in [0.717, 1.165) is 52.7 Å². The van der Waals surface area contributed by atoms with Gasteiger partial charge in [0.1, 0.15) is 17.9 Å². The van der Waals surface area contributed by atoms with E-state index < -0.39 is 7.14 Å². The van der Waals surface area contributed by atoms with Crippen molar-refractivity contribution in [2.45, 2.75) is 52.5 Å². The molecule has 2 aliphatic heterocycles. The van der Waals surface area contributed by atoms with Crippen molar-refractivity contribution < 1.29 is 9.30 Å². The molecule has 0 atom stereocenters. The molecule has 0 unspecified atom stereocenters. The highest BCUT2D eigenvalue weighted by Gasteiger charge is 2.47. The second kappa shape index (κ2) is 11.0. The van der Waals surface area contributed by atoms with Crippen LogP contribution in [0.4, 0.5) is 28.8 Å². The Kier molecular flexibility index (Phi) is 7.70. The highest BCUT2D eigenvalue weighted by Crippen LogP contribution is 2.47. The zero-order valence-electron chi connectivity index (χ0n) is 25.6. The molecule has 0 amide bonds. The van der Waals surface area contributed by atoms with Crippen molar-refractivity contribution in [1.82, 2.24) is 14.9 Å². The zero-order chi connectivity index (χ0) is 29.8. The third-order valence-corrected chi connectivity index (χ3v) is 11.2. The standard InChI is InChI=1S/C32H42ClN6O2P/c1-20-7-10-25(29(22(20)3)42(5,6)40)35-30-24(33)17-34-31(37-30)36-26-15-21(2)27(16-28(26)41-4)39-18-32(19-39)11-13-38(14-12-32)23-8-9-23/h7,10,15-17,23H,8-9,11-14,18-19H2,1-6H3,(H2,34,35,36,37). The van der Waals surface area contributed by atoms with Gasteiger partial charge < -0.3 is 29.7 Å². The van der Waals surface area contributed by atoms with Crippen LogP contribution in [0.5, 0.6) is 5.75 Å². The fourth-order valence-electron chi connectivity index (χ4n) is 6.70. The lowest BCUT2D eigenvalue weighted by atomic mass is 9.71. The second-order valence-corrected chi connectivity index (χ2v) is 16.4. The zero-order valence-corrected chi connectivity index (χ0v) is 27.2. The van der Waals surface area contributed by atoms with Gasteiger partial charge in [0.15, 0.2) is 5.82 Å². The topological polar surface area (TPSA) is 82.6 Å². The molecule has 2 aromatic carbocycles. The van der Waals surface area contributed by atoms with Gasteiger partial charge in [0.05, 0.1) is 24.7 Å². The number of nitrogens with zero attached hydrogens (tertiary/aromatic N) is 4. The monoisotopic (exact) mass is 608 g/mol. The molecule has 0 bridgehead atoms. The van der Waals surface area contributed by atoms with Crippen LogP contribution in [-0.4, -0.2) is 67.5 Å². The van der Waals surface area contributed by atoms with Crippen LogP contribution in [-0.2, 0) is 4.57 Å². The van der Waals surface area contributed by atoms with Crippen LogP contribution in [0.2, 0.25) is 5.02 Å². The predicted octanol–water partition coefficient (Wildman–Crippen LogP) is 6.86. The summed E-state index contributed by atoms with van der Waals surface area (Å²) in [6.07, 6.45) is 6.96. The Morgan fingerprint density at radius 1 is 1.02 bits per heavy atom. The maximum Gasteiger partial charge on any atom is 0.229 e. The number of anilines is 5. The van der Waals surface area contributed by atoms with Gasteiger partial charge in [-0.1, -0.05) is 17.7 Å². The summed E-state index contributed by atoms with van der Waals surface area (Å²) in [7, 11) is -0.879. The molecule has 10 heteroatoms. The Hall–Kier alpha value is -2.80. The number of aromatic nitrogens is 2. The molecule has 2 N–H and O–H groups in total. The Balaban J connectivity index is 1.19. The maximum atomic E-state index is 13.2. The summed E-state index contributed by atoms with van der Waals surface area (Å²) < 4.78 is 19.0. The minimum Gasteiger partial charge on any atom is -0.494 e. The van der Waals surface area contributed by atoms with Crippen molar-refractivity contribution in [3.63, 3.8) is 0 Å². The van der Waals surface area contributed by atoms with Gasteiger partial charge in [-0.15, -0.1) is 0 Å². The van der Waals surface area contributed by atoms with Gasteiger partial charge >= 0.3 is 0 Å². The van der Waals surface area contributed by atoms with Crippen LogP contribution in [0.25, 0.3) is 0 Å². The third kappa shape index (κ3) is 5.73. The van der Waals surface area contributed by atoms with E-state index in [4.69, 9.17) is 16.3 Å². The highest BCUT2D eigenvalue weighted by molar-refractivity contribution is 7.70. The van der Waals surface area contributed by atoms with Gasteiger partial charge in [-0.2, -0.15) is 4.98 Å². The molecule has 224 valence electrons. The molecule has 3 fully saturated rings. The average molecular weight is 609 g/mol. The number of piperidine rings is 1. The summed E-state index contributed by atoms with van der Waals surface area (Å²) in [6, 6.07) is 9.05. The predicted molar refractivity (Wildman–Crippen MR) is 175 cm³/mol. The quantitative estimate of drug-likeness (QED) is 0.268. The van der Waals surface area contributed by atoms with Gasteiger partial charge in [-0.3, -0.25) is 0 Å². The number of nitrogens with one attached hydrogen (secondary N) is 2. The maximum absolute atomic E-state index is 13.2. The molecular weight excluding hydrogens is 567 g/mol. The Labute approximate surface area is 254 Å². The SMILES string of the molecule is COc1cc(N2CC3(CCN(C4CC4)CC3)C2)c(C)cc1Nc1ncc(Cl)c(Nc2ccc(C)c(C)c2P(C)(C)=O)n1. The first kappa shape index (κ1) is 29.3. The van der Waals surface area contributed by atoms with Crippen LogP contribution in [0, 0.1) is 26.2 Å². The number of benzene rings is 2. The summed E-state index contributed by atoms with van der Waals surface area (Å²) in [4.78, 5) is 14.3. The van der Waals surface area contributed by atoms with E-state index >= 15 is 0 Å². The summed E-state index contributed by atoms with van der Waals surface area (Å²) >= 11 is 6.52. The molecule has 3 aromatic rings. The molecule has 1 aliphatic carbocycles. The number of rotatable bonds is 8. The second-order valence-electron chi connectivity index (χ2n) is 12.9. The van der Waals surface area contributed by atoms with Crippen molar-refractivity contribution >= 4 is 52.9 Å². The molecule has 0 radical (unpaired) electrons. The Bertz CT molecular complexity index is 1550. The summed E-state index contributed by atoms with van der Waals surface area (Å²) in [5, 5.41) is 7.85. The molecule has 2 saturated heterocycles. The first-order chi connectivity index (χ1) is 20.0. The van der Waals surface area contributed by atoms with Crippen molar-refractivity contribution in [2.24, 2.45) is 5.41 Å². The normalized spacial score (nSPS) is 18.6. The number of ether oxygens (including phenoxy) is 1. The lowest BCUT2D eigenvalue weighted by Gasteiger charge is -2.55. The fourth-order valence-corrected chi connectivity index (χ4v) is 8.53. The lowest BCUT2D eigenvalue weighted by molar-refractivity contribution is 0.0721. The van der Waals surface area contributed by atoms with E-state index in [-0.39, 0.29) is 0 Å². The van der Waals surface area contributed by atoms with Gasteiger partial charge in [0.25, 0.3) is 0 Å². The molecule has 3 heterocycles. The van der Waals surface area contributed by atoms with Crippen molar-refractivity contribution in [3.8, 4) is 5.75 Å². The largest absolute Gasteiger partial charge is 0.494 e. The molecule has 1 aromatic heterocycles. The molecular formula is C32H42ClN6O2P. The minimum atomic E-state index is -2.57. The van der Waals surface area contributed by atoms with Gasteiger partial charge in [-0.25, -0.2) is 4.98 Å². The Morgan fingerprint density at radius 2 is 1.74 bits per heavy atom. The van der Waals surface area contributed by atoms with Crippen LogP contribution < -0.4 is 25.6 Å². The number of aryl methyl sites for hydroxylation is 2. The van der Waals surface area contributed by atoms with E-state index in [1.807, 2.05) is 26.0 Å². The lowest BCUT2D eigenvalue weighted by Crippen LogP contribution is -2.60. The van der Waals surface area contributed by atoms with Crippen molar-refractivity contribution in [1.29, 1.82) is 0 Å². The van der Waals surface area contributed by atoms with Crippen molar-refractivity contribution in [3.05, 3.63) is 52.2 Å². The first-order valence-corrected chi connectivity index (χ1v) is 17.8. The van der Waals surface area contributed by atoms with E-state index in [9.17, 15) is 4.57 Å². The van der Waals surface area contributed by atoms with Gasteiger partial charge in [-0.05, 0) is 102 Å². The molecule has 1 spiro atoms. The van der Waals surface area contributed by atoms with Crippen LogP contribution >= 0.6 is 18.7 Å². The highest BCUT2D eigenvalue weighted by atomic mass is 35.5. The molecule has 6 rings (SSSR count). The number of hydrogen-bond acceptors (Lipinski definition) is 8. The number of methoxy groups -OCH3 is 1. The van der Waals surface area contributed by atoms with Gasteiger partial charge in [0.2, 0.25) is 5.95 Å². The van der Waals surface area contributed by atoms with Gasteiger partial charge in [0, 0.05) is 41.6 Å². The first-order valence-electron chi connectivity index (χ1n) is 14.9. The number of halogens is 1. The molecule has 3 aliphatic rings. The third-order valence-electron chi connectivity index (χ3n) is 9.32. The minimum absolute atomic E-state index is 0.375.